The predicted molar refractivity (Wildman–Crippen MR) is 265 cm³/mol. The van der Waals surface area contributed by atoms with E-state index in [2.05, 4.69) is 118 Å². The summed E-state index contributed by atoms with van der Waals surface area (Å²) in [6.45, 7) is 6.38. The van der Waals surface area contributed by atoms with Crippen molar-refractivity contribution in [2.45, 2.75) is 226 Å². The predicted octanol–water partition coefficient (Wildman–Crippen LogP) is 16.6. The van der Waals surface area contributed by atoms with Gasteiger partial charge in [-0.05, 0) is 96.3 Å². The van der Waals surface area contributed by atoms with Crippen LogP contribution < -0.4 is 0 Å². The van der Waals surface area contributed by atoms with Crippen molar-refractivity contribution in [2.24, 2.45) is 0 Å². The van der Waals surface area contributed by atoms with Crippen LogP contribution in [0.3, 0.4) is 0 Å². The maximum atomic E-state index is 12.7. The molecule has 0 aliphatic rings. The Morgan fingerprint density at radius 3 is 1.05 bits per heavy atom. The third-order valence-electron chi connectivity index (χ3n) is 10.3. The van der Waals surface area contributed by atoms with Gasteiger partial charge in [-0.15, -0.1) is 0 Å². The van der Waals surface area contributed by atoms with Gasteiger partial charge in [0.05, 0.1) is 0 Å². The maximum Gasteiger partial charge on any atom is 0.306 e. The van der Waals surface area contributed by atoms with Gasteiger partial charge in [0.2, 0.25) is 0 Å². The Labute approximate surface area is 381 Å². The molecule has 0 rings (SSSR count). The summed E-state index contributed by atoms with van der Waals surface area (Å²) in [7, 11) is 0. The van der Waals surface area contributed by atoms with Crippen LogP contribution in [0.4, 0.5) is 0 Å². The van der Waals surface area contributed by atoms with Crippen molar-refractivity contribution in [3.63, 3.8) is 0 Å². The molecule has 0 N–H and O–H groups in total. The molecule has 0 amide bonds. The fourth-order valence-corrected chi connectivity index (χ4v) is 6.54. The van der Waals surface area contributed by atoms with E-state index < -0.39 is 6.10 Å². The first kappa shape index (κ1) is 58.3. The van der Waals surface area contributed by atoms with Crippen molar-refractivity contribution in [1.82, 2.24) is 0 Å². The van der Waals surface area contributed by atoms with E-state index in [-0.39, 0.29) is 31.1 Å². The summed E-state index contributed by atoms with van der Waals surface area (Å²) in [5.74, 6) is -0.942. The van der Waals surface area contributed by atoms with E-state index in [4.69, 9.17) is 14.2 Å². The first-order valence-electron chi connectivity index (χ1n) is 25.2. The largest absolute Gasteiger partial charge is 0.462 e. The van der Waals surface area contributed by atoms with Gasteiger partial charge in [0.1, 0.15) is 13.2 Å². The number of carbonyl (C=O) groups excluding carboxylic acids is 3. The minimum absolute atomic E-state index is 0.0919. The third-order valence-corrected chi connectivity index (χ3v) is 10.3. The van der Waals surface area contributed by atoms with Gasteiger partial charge in [0.25, 0.3) is 0 Å². The van der Waals surface area contributed by atoms with Crippen LogP contribution in [-0.4, -0.2) is 37.2 Å². The van der Waals surface area contributed by atoms with E-state index in [1.807, 2.05) is 0 Å². The normalized spacial score (nSPS) is 12.9. The highest BCUT2D eigenvalue weighted by atomic mass is 16.6. The van der Waals surface area contributed by atoms with E-state index in [0.29, 0.717) is 19.3 Å². The van der Waals surface area contributed by atoms with Gasteiger partial charge in [0, 0.05) is 19.3 Å². The number of ether oxygens (including phenoxy) is 3. The molecule has 0 aromatic rings. The molecular formula is C56H92O6. The number of allylic oxidation sites excluding steroid dienone is 16. The summed E-state index contributed by atoms with van der Waals surface area (Å²) in [4.78, 5) is 37.8. The molecule has 0 saturated carbocycles. The average Bonchev–Trinajstić information content (AvgIpc) is 3.27. The van der Waals surface area contributed by atoms with Crippen LogP contribution in [0.5, 0.6) is 0 Å². The monoisotopic (exact) mass is 861 g/mol. The van der Waals surface area contributed by atoms with Gasteiger partial charge in [-0.2, -0.15) is 0 Å². The molecule has 1 atom stereocenters. The molecule has 352 valence electrons. The Morgan fingerprint density at radius 2 is 0.661 bits per heavy atom. The molecule has 0 aliphatic carbocycles. The quantitative estimate of drug-likeness (QED) is 0.0263. The molecule has 0 bridgehead atoms. The first-order valence-corrected chi connectivity index (χ1v) is 25.2. The first-order chi connectivity index (χ1) is 30.5. The zero-order valence-electron chi connectivity index (χ0n) is 40.1. The molecule has 0 aliphatic heterocycles. The van der Waals surface area contributed by atoms with E-state index >= 15 is 0 Å². The second kappa shape index (κ2) is 50.0. The molecule has 0 fully saturated rings. The van der Waals surface area contributed by atoms with Crippen molar-refractivity contribution in [2.75, 3.05) is 13.2 Å². The summed E-state index contributed by atoms with van der Waals surface area (Å²) in [5, 5.41) is 0. The molecule has 0 radical (unpaired) electrons. The summed E-state index contributed by atoms with van der Waals surface area (Å²) in [6.07, 6.45) is 65.4. The molecule has 0 saturated heterocycles. The minimum atomic E-state index is -0.793. The van der Waals surface area contributed by atoms with Gasteiger partial charge in [0.15, 0.2) is 6.10 Å². The van der Waals surface area contributed by atoms with Crippen molar-refractivity contribution in [1.29, 1.82) is 0 Å². The topological polar surface area (TPSA) is 78.9 Å². The lowest BCUT2D eigenvalue weighted by Gasteiger charge is -2.18. The van der Waals surface area contributed by atoms with Gasteiger partial charge < -0.3 is 14.2 Å². The molecular weight excluding hydrogens is 769 g/mol. The lowest BCUT2D eigenvalue weighted by atomic mass is 10.1. The summed E-state index contributed by atoms with van der Waals surface area (Å²) in [5.41, 5.74) is 0. The van der Waals surface area contributed by atoms with Crippen molar-refractivity contribution in [3.05, 3.63) is 97.2 Å². The van der Waals surface area contributed by atoms with Crippen LogP contribution >= 0.6 is 0 Å². The van der Waals surface area contributed by atoms with Crippen molar-refractivity contribution >= 4 is 17.9 Å². The molecule has 0 heterocycles. The van der Waals surface area contributed by atoms with Gasteiger partial charge in [-0.3, -0.25) is 14.4 Å². The van der Waals surface area contributed by atoms with E-state index in [9.17, 15) is 14.4 Å². The van der Waals surface area contributed by atoms with Gasteiger partial charge in [-0.25, -0.2) is 0 Å². The highest BCUT2D eigenvalue weighted by molar-refractivity contribution is 5.71. The molecule has 1 unspecified atom stereocenters. The Bertz CT molecular complexity index is 1260. The lowest BCUT2D eigenvalue weighted by molar-refractivity contribution is -0.167. The highest BCUT2D eigenvalue weighted by Crippen LogP contribution is 2.13. The van der Waals surface area contributed by atoms with Crippen LogP contribution in [0.1, 0.15) is 220 Å². The summed E-state index contributed by atoms with van der Waals surface area (Å²) in [6, 6.07) is 0. The Morgan fingerprint density at radius 1 is 0.339 bits per heavy atom. The van der Waals surface area contributed by atoms with Gasteiger partial charge >= 0.3 is 17.9 Å². The molecule has 0 aromatic heterocycles. The van der Waals surface area contributed by atoms with Gasteiger partial charge in [-0.1, -0.05) is 201 Å². The minimum Gasteiger partial charge on any atom is -0.462 e. The Kier molecular flexibility index (Phi) is 47.0. The number of rotatable bonds is 44. The van der Waals surface area contributed by atoms with Crippen LogP contribution in [-0.2, 0) is 28.6 Å². The van der Waals surface area contributed by atoms with E-state index in [1.54, 1.807) is 0 Å². The average molecular weight is 861 g/mol. The van der Waals surface area contributed by atoms with Crippen LogP contribution in [0.15, 0.2) is 97.2 Å². The molecule has 62 heavy (non-hydrogen) atoms. The highest BCUT2D eigenvalue weighted by Gasteiger charge is 2.19. The summed E-state index contributed by atoms with van der Waals surface area (Å²) < 4.78 is 16.7. The standard InChI is InChI=1S/C56H92O6/c1-4-7-10-13-16-19-21-23-24-25-26-27-28-29-30-31-32-34-35-37-40-43-46-49-55(58)61-52-53(51-60-54(57)48-45-42-39-18-15-12-9-6-3)62-56(59)50-47-44-41-38-36-33-22-20-17-14-11-8-5-2/h7,10-11,14,16,19-20,22-24,26-27,29-30,32,34,53H,4-6,8-9,12-13,15,17-18,21,25,28,31,33,35-52H2,1-3H3/b10-7-,14-11-,19-16-,22-20-,24-23-,27-26-,30-29-,34-32-. The zero-order valence-corrected chi connectivity index (χ0v) is 40.1. The second-order valence-corrected chi connectivity index (χ2v) is 16.3. The number of carbonyl (C=O) groups is 3. The molecule has 6 heteroatoms. The molecule has 6 nitrogen and oxygen atoms in total. The van der Waals surface area contributed by atoms with Crippen LogP contribution in [0.2, 0.25) is 0 Å². The third kappa shape index (κ3) is 47.4. The van der Waals surface area contributed by atoms with E-state index in [0.717, 1.165) is 141 Å². The van der Waals surface area contributed by atoms with Crippen LogP contribution in [0.25, 0.3) is 0 Å². The number of unbranched alkanes of at least 4 members (excludes halogenated alkanes) is 17. The summed E-state index contributed by atoms with van der Waals surface area (Å²) >= 11 is 0. The fraction of sp³-hybridized carbons (Fsp3) is 0.661. The number of hydrogen-bond donors (Lipinski definition) is 0. The lowest BCUT2D eigenvalue weighted by Crippen LogP contribution is -2.30. The maximum absolute atomic E-state index is 12.7. The van der Waals surface area contributed by atoms with E-state index in [1.165, 1.54) is 38.5 Å². The second-order valence-electron chi connectivity index (χ2n) is 16.3. The Hall–Kier alpha value is -3.67. The Balaban J connectivity index is 4.34. The number of esters is 3. The van der Waals surface area contributed by atoms with Crippen molar-refractivity contribution < 1.29 is 28.6 Å². The van der Waals surface area contributed by atoms with Crippen molar-refractivity contribution in [3.8, 4) is 0 Å². The zero-order chi connectivity index (χ0) is 45.1. The smallest absolute Gasteiger partial charge is 0.306 e. The SMILES string of the molecule is CC/C=C\C/C=C\C/C=C\C/C=C\C/C=C\C/C=C\CCCCCCC(=O)OCC(COC(=O)CCCCCCCCCC)OC(=O)CCCCCCC/C=C\C/C=C\CCC. The molecule has 0 aromatic carbocycles. The fourth-order valence-electron chi connectivity index (χ4n) is 6.54. The van der Waals surface area contributed by atoms with Crippen LogP contribution in [0, 0.1) is 0 Å². The molecule has 0 spiro atoms. The number of hydrogen-bond acceptors (Lipinski definition) is 6.